The average molecular weight is 194 g/mol. The first kappa shape index (κ1) is 10.0. The molecule has 0 aliphatic heterocycles. The summed E-state index contributed by atoms with van der Waals surface area (Å²) < 4.78 is 0. The number of rotatable bonds is 3. The first-order valence-corrected chi connectivity index (χ1v) is 6.07. The van der Waals surface area contributed by atoms with Gasteiger partial charge in [0.1, 0.15) is 0 Å². The highest BCUT2D eigenvalue weighted by Crippen LogP contribution is 2.37. The molecule has 2 saturated carbocycles. The topological polar surface area (TPSA) is 38.4 Å². The van der Waals surface area contributed by atoms with Crippen LogP contribution in [0.4, 0.5) is 0 Å². The second kappa shape index (κ2) is 4.33. The second-order valence-electron chi connectivity index (χ2n) is 5.07. The van der Waals surface area contributed by atoms with Crippen LogP contribution in [0.3, 0.4) is 0 Å². The van der Waals surface area contributed by atoms with Gasteiger partial charge in [0.15, 0.2) is 0 Å². The first-order chi connectivity index (χ1) is 6.77. The predicted molar refractivity (Wildman–Crippen MR) is 60.3 cm³/mol. The molecule has 2 atom stereocenters. The molecule has 2 N–H and O–H groups in total. The zero-order valence-electron chi connectivity index (χ0n) is 9.21. The van der Waals surface area contributed by atoms with E-state index in [4.69, 9.17) is 5.73 Å². The fraction of sp³-hybridized carbons (Fsp3) is 0.917. The van der Waals surface area contributed by atoms with Gasteiger partial charge in [-0.1, -0.05) is 26.2 Å². The molecule has 80 valence electrons. The summed E-state index contributed by atoms with van der Waals surface area (Å²) in [7, 11) is 0. The molecule has 0 saturated heterocycles. The van der Waals surface area contributed by atoms with Gasteiger partial charge in [-0.05, 0) is 31.1 Å². The van der Waals surface area contributed by atoms with E-state index in [0.717, 1.165) is 24.2 Å². The zero-order chi connectivity index (χ0) is 9.97. The minimum atomic E-state index is 0.609. The third kappa shape index (κ3) is 2.49. The highest BCUT2D eigenvalue weighted by molar-refractivity contribution is 5.82. The monoisotopic (exact) mass is 194 g/mol. The van der Waals surface area contributed by atoms with Crippen LogP contribution in [0.5, 0.6) is 0 Å². The Morgan fingerprint density at radius 1 is 1.29 bits per heavy atom. The Bertz CT molecular complexity index is 216. The highest BCUT2D eigenvalue weighted by Gasteiger charge is 2.32. The van der Waals surface area contributed by atoms with Crippen molar-refractivity contribution >= 4 is 5.84 Å². The van der Waals surface area contributed by atoms with Gasteiger partial charge in [-0.15, -0.1) is 0 Å². The Morgan fingerprint density at radius 2 is 1.93 bits per heavy atom. The van der Waals surface area contributed by atoms with E-state index in [9.17, 15) is 0 Å². The van der Waals surface area contributed by atoms with E-state index in [0.29, 0.717) is 5.92 Å². The molecule has 2 heteroatoms. The molecule has 2 unspecified atom stereocenters. The molecule has 14 heavy (non-hydrogen) atoms. The van der Waals surface area contributed by atoms with Gasteiger partial charge in [0, 0.05) is 12.5 Å². The predicted octanol–water partition coefficient (Wildman–Crippen LogP) is 2.58. The normalized spacial score (nSPS) is 34.5. The minimum absolute atomic E-state index is 0.609. The number of hydrogen-bond donors (Lipinski definition) is 1. The van der Waals surface area contributed by atoms with Gasteiger partial charge >= 0.3 is 0 Å². The molecule has 0 heterocycles. The SMILES string of the molecule is CC1CC1CN=C(N)C1CCCCC1. The van der Waals surface area contributed by atoms with E-state index >= 15 is 0 Å². The summed E-state index contributed by atoms with van der Waals surface area (Å²) in [6, 6.07) is 0. The average Bonchev–Trinajstić information content (AvgIpc) is 2.92. The molecule has 0 bridgehead atoms. The van der Waals surface area contributed by atoms with Gasteiger partial charge in [0.2, 0.25) is 0 Å². The first-order valence-electron chi connectivity index (χ1n) is 6.07. The quantitative estimate of drug-likeness (QED) is 0.544. The van der Waals surface area contributed by atoms with Crippen LogP contribution in [0.25, 0.3) is 0 Å². The Labute approximate surface area is 87.0 Å². The van der Waals surface area contributed by atoms with E-state index in [1.54, 1.807) is 0 Å². The molecule has 2 rings (SSSR count). The summed E-state index contributed by atoms with van der Waals surface area (Å²) in [5, 5.41) is 0. The van der Waals surface area contributed by atoms with Gasteiger partial charge in [0.05, 0.1) is 5.84 Å². The van der Waals surface area contributed by atoms with Crippen molar-refractivity contribution < 1.29 is 0 Å². The maximum absolute atomic E-state index is 6.02. The standard InChI is InChI=1S/C12H22N2/c1-9-7-11(9)8-14-12(13)10-5-3-2-4-6-10/h9-11H,2-8H2,1H3,(H2,13,14). The van der Waals surface area contributed by atoms with Crippen LogP contribution in [0.15, 0.2) is 4.99 Å². The third-order valence-electron chi connectivity index (χ3n) is 3.81. The molecule has 0 amide bonds. The maximum Gasteiger partial charge on any atom is 0.0968 e. The van der Waals surface area contributed by atoms with Crippen LogP contribution >= 0.6 is 0 Å². The molecular weight excluding hydrogens is 172 g/mol. The van der Waals surface area contributed by atoms with Crippen molar-refractivity contribution in [3.8, 4) is 0 Å². The van der Waals surface area contributed by atoms with Crippen molar-refractivity contribution in [2.45, 2.75) is 45.4 Å². The molecule has 0 aromatic carbocycles. The van der Waals surface area contributed by atoms with Crippen molar-refractivity contribution in [3.05, 3.63) is 0 Å². The van der Waals surface area contributed by atoms with E-state index < -0.39 is 0 Å². The zero-order valence-corrected chi connectivity index (χ0v) is 9.21. The van der Waals surface area contributed by atoms with Crippen LogP contribution in [0.2, 0.25) is 0 Å². The Hall–Kier alpha value is -0.530. The smallest absolute Gasteiger partial charge is 0.0968 e. The maximum atomic E-state index is 6.02. The fourth-order valence-corrected chi connectivity index (χ4v) is 2.40. The van der Waals surface area contributed by atoms with Crippen molar-refractivity contribution in [1.29, 1.82) is 0 Å². The summed E-state index contributed by atoms with van der Waals surface area (Å²) >= 11 is 0. The van der Waals surface area contributed by atoms with Gasteiger partial charge in [-0.25, -0.2) is 0 Å². The van der Waals surface area contributed by atoms with Gasteiger partial charge in [0.25, 0.3) is 0 Å². The molecule has 0 radical (unpaired) electrons. The molecule has 2 fully saturated rings. The molecule has 2 aliphatic rings. The van der Waals surface area contributed by atoms with Gasteiger partial charge in [-0.2, -0.15) is 0 Å². The van der Waals surface area contributed by atoms with Crippen LogP contribution in [0.1, 0.15) is 45.4 Å². The highest BCUT2D eigenvalue weighted by atomic mass is 14.9. The van der Waals surface area contributed by atoms with Crippen LogP contribution in [-0.4, -0.2) is 12.4 Å². The summed E-state index contributed by atoms with van der Waals surface area (Å²) in [5.74, 6) is 3.30. The fourth-order valence-electron chi connectivity index (χ4n) is 2.40. The lowest BCUT2D eigenvalue weighted by molar-refractivity contribution is 0.436. The van der Waals surface area contributed by atoms with Crippen LogP contribution in [0, 0.1) is 17.8 Å². The summed E-state index contributed by atoms with van der Waals surface area (Å²) in [6.07, 6.45) is 8.00. The molecule has 2 aliphatic carbocycles. The largest absolute Gasteiger partial charge is 0.387 e. The van der Waals surface area contributed by atoms with Crippen LogP contribution in [-0.2, 0) is 0 Å². The van der Waals surface area contributed by atoms with Gasteiger partial charge < -0.3 is 5.73 Å². The summed E-state index contributed by atoms with van der Waals surface area (Å²) in [4.78, 5) is 4.55. The van der Waals surface area contributed by atoms with E-state index in [-0.39, 0.29) is 0 Å². The van der Waals surface area contributed by atoms with E-state index in [1.165, 1.54) is 38.5 Å². The lowest BCUT2D eigenvalue weighted by atomic mass is 9.88. The number of amidine groups is 1. The molecular formula is C12H22N2. The van der Waals surface area contributed by atoms with E-state index in [1.807, 2.05) is 0 Å². The molecule has 0 aromatic heterocycles. The number of nitrogens with two attached hydrogens (primary N) is 1. The Kier molecular flexibility index (Phi) is 3.09. The molecule has 0 spiro atoms. The lowest BCUT2D eigenvalue weighted by Crippen LogP contribution is -2.26. The van der Waals surface area contributed by atoms with Crippen molar-refractivity contribution in [3.63, 3.8) is 0 Å². The number of hydrogen-bond acceptors (Lipinski definition) is 1. The van der Waals surface area contributed by atoms with Gasteiger partial charge in [-0.3, -0.25) is 4.99 Å². The van der Waals surface area contributed by atoms with Crippen molar-refractivity contribution in [2.24, 2.45) is 28.5 Å². The number of nitrogens with zero attached hydrogens (tertiary/aromatic N) is 1. The number of aliphatic imine (C=N–C) groups is 1. The lowest BCUT2D eigenvalue weighted by Gasteiger charge is -2.20. The molecule has 0 aromatic rings. The minimum Gasteiger partial charge on any atom is -0.387 e. The molecule has 2 nitrogen and oxygen atoms in total. The summed E-state index contributed by atoms with van der Waals surface area (Å²) in [6.45, 7) is 3.29. The Morgan fingerprint density at radius 3 is 2.50 bits per heavy atom. The van der Waals surface area contributed by atoms with Crippen molar-refractivity contribution in [2.75, 3.05) is 6.54 Å². The van der Waals surface area contributed by atoms with Crippen LogP contribution < -0.4 is 5.73 Å². The van der Waals surface area contributed by atoms with Crippen molar-refractivity contribution in [1.82, 2.24) is 0 Å². The second-order valence-corrected chi connectivity index (χ2v) is 5.07. The Balaban J connectivity index is 1.77. The summed E-state index contributed by atoms with van der Waals surface area (Å²) in [5.41, 5.74) is 6.02. The van der Waals surface area contributed by atoms with E-state index in [2.05, 4.69) is 11.9 Å². The third-order valence-corrected chi connectivity index (χ3v) is 3.81.